The van der Waals surface area contributed by atoms with Crippen LogP contribution in [0.15, 0.2) is 53.1 Å². The van der Waals surface area contributed by atoms with Gasteiger partial charge in [0.15, 0.2) is 0 Å². The van der Waals surface area contributed by atoms with Crippen molar-refractivity contribution >= 4 is 11.9 Å². The van der Waals surface area contributed by atoms with Crippen LogP contribution in [-0.2, 0) is 18.0 Å². The Morgan fingerprint density at radius 1 is 1.04 bits per heavy atom. The van der Waals surface area contributed by atoms with Crippen molar-refractivity contribution in [2.45, 2.75) is 27.1 Å². The van der Waals surface area contributed by atoms with Crippen LogP contribution < -0.4 is 10.5 Å². The molecule has 0 unspecified atom stereocenters. The maximum absolute atomic E-state index is 12.3. The molecule has 2 aromatic carbocycles. The molecule has 0 spiro atoms. The standard InChI is InChI=1S/C21H20N2O5/c1-13-19(14(2)28-23-13)12-26-18-5-3-4-17(10-18)21(25)27-11-15-6-8-16(9-7-15)20(22)24/h3-10H,11-12H2,1-2H3,(H2,22,24). The topological polar surface area (TPSA) is 105 Å². The highest BCUT2D eigenvalue weighted by Crippen LogP contribution is 2.19. The second-order valence-electron chi connectivity index (χ2n) is 6.26. The van der Waals surface area contributed by atoms with Gasteiger partial charge in [0.05, 0.1) is 16.8 Å². The zero-order chi connectivity index (χ0) is 20.1. The molecule has 0 bridgehead atoms. The predicted molar refractivity (Wildman–Crippen MR) is 101 cm³/mol. The van der Waals surface area contributed by atoms with Gasteiger partial charge in [-0.3, -0.25) is 4.79 Å². The zero-order valence-corrected chi connectivity index (χ0v) is 15.6. The first-order chi connectivity index (χ1) is 13.4. The van der Waals surface area contributed by atoms with Crippen LogP contribution in [0, 0.1) is 13.8 Å². The molecule has 0 aliphatic carbocycles. The Bertz CT molecular complexity index is 973. The lowest BCUT2D eigenvalue weighted by Gasteiger charge is -2.09. The molecule has 28 heavy (non-hydrogen) atoms. The fourth-order valence-corrected chi connectivity index (χ4v) is 2.57. The highest BCUT2D eigenvalue weighted by atomic mass is 16.5. The predicted octanol–water partition coefficient (Wildman–Crippen LogP) is 3.33. The number of nitrogens with zero attached hydrogens (tertiary/aromatic N) is 1. The molecular formula is C21H20N2O5. The lowest BCUT2D eigenvalue weighted by Crippen LogP contribution is -2.11. The Labute approximate surface area is 162 Å². The van der Waals surface area contributed by atoms with Crippen LogP contribution in [0.4, 0.5) is 0 Å². The number of nitrogens with two attached hydrogens (primary N) is 1. The summed E-state index contributed by atoms with van der Waals surface area (Å²) in [5.41, 5.74) is 8.39. The zero-order valence-electron chi connectivity index (χ0n) is 15.6. The molecule has 3 rings (SSSR count). The Hall–Kier alpha value is -3.61. The van der Waals surface area contributed by atoms with E-state index in [9.17, 15) is 9.59 Å². The number of aromatic nitrogens is 1. The van der Waals surface area contributed by atoms with Crippen molar-refractivity contribution in [3.05, 3.63) is 82.2 Å². The third kappa shape index (κ3) is 4.56. The van der Waals surface area contributed by atoms with Gasteiger partial charge in [-0.05, 0) is 49.7 Å². The molecule has 0 radical (unpaired) electrons. The average Bonchev–Trinajstić information content (AvgIpc) is 3.02. The summed E-state index contributed by atoms with van der Waals surface area (Å²) in [6, 6.07) is 13.3. The normalized spacial score (nSPS) is 10.5. The summed E-state index contributed by atoms with van der Waals surface area (Å²) in [6.07, 6.45) is 0. The van der Waals surface area contributed by atoms with Gasteiger partial charge in [-0.1, -0.05) is 23.4 Å². The third-order valence-corrected chi connectivity index (χ3v) is 4.24. The van der Waals surface area contributed by atoms with E-state index >= 15 is 0 Å². The van der Waals surface area contributed by atoms with Gasteiger partial charge in [-0.2, -0.15) is 0 Å². The van der Waals surface area contributed by atoms with Crippen LogP contribution in [0.3, 0.4) is 0 Å². The molecule has 144 valence electrons. The van der Waals surface area contributed by atoms with E-state index in [1.54, 1.807) is 48.5 Å². The van der Waals surface area contributed by atoms with Gasteiger partial charge < -0.3 is 19.7 Å². The van der Waals surface area contributed by atoms with Crippen LogP contribution in [0.1, 0.15) is 43.3 Å². The number of primary amides is 1. The van der Waals surface area contributed by atoms with Gasteiger partial charge in [0.2, 0.25) is 5.91 Å². The first-order valence-electron chi connectivity index (χ1n) is 8.64. The summed E-state index contributed by atoms with van der Waals surface area (Å²) in [6.45, 7) is 4.05. The van der Waals surface area contributed by atoms with E-state index < -0.39 is 11.9 Å². The molecule has 0 saturated carbocycles. The minimum Gasteiger partial charge on any atom is -0.489 e. The lowest BCUT2D eigenvalue weighted by molar-refractivity contribution is 0.0472. The van der Waals surface area contributed by atoms with E-state index in [1.807, 2.05) is 13.8 Å². The van der Waals surface area contributed by atoms with Gasteiger partial charge in [-0.15, -0.1) is 0 Å². The lowest BCUT2D eigenvalue weighted by atomic mass is 10.1. The first kappa shape index (κ1) is 19.2. The molecule has 0 aliphatic rings. The number of hydrogen-bond acceptors (Lipinski definition) is 6. The van der Waals surface area contributed by atoms with E-state index in [0.717, 1.165) is 16.8 Å². The van der Waals surface area contributed by atoms with Crippen molar-refractivity contribution in [3.63, 3.8) is 0 Å². The molecule has 0 fully saturated rings. The van der Waals surface area contributed by atoms with E-state index in [-0.39, 0.29) is 6.61 Å². The maximum Gasteiger partial charge on any atom is 0.338 e. The molecule has 1 amide bonds. The summed E-state index contributed by atoms with van der Waals surface area (Å²) in [4.78, 5) is 23.4. The van der Waals surface area contributed by atoms with Crippen LogP contribution in [0.5, 0.6) is 5.75 Å². The average molecular weight is 380 g/mol. The van der Waals surface area contributed by atoms with Gasteiger partial charge in [-0.25, -0.2) is 4.79 Å². The molecular weight excluding hydrogens is 360 g/mol. The van der Waals surface area contributed by atoms with Gasteiger partial charge in [0.1, 0.15) is 24.7 Å². The van der Waals surface area contributed by atoms with Crippen LogP contribution >= 0.6 is 0 Å². The molecule has 3 aromatic rings. The fourth-order valence-electron chi connectivity index (χ4n) is 2.57. The SMILES string of the molecule is Cc1noc(C)c1COc1cccc(C(=O)OCc2ccc(C(N)=O)cc2)c1. The number of rotatable bonds is 7. The van der Waals surface area contributed by atoms with E-state index in [1.165, 1.54) is 0 Å². The molecule has 1 heterocycles. The van der Waals surface area contributed by atoms with Crippen LogP contribution in [0.25, 0.3) is 0 Å². The third-order valence-electron chi connectivity index (χ3n) is 4.24. The monoisotopic (exact) mass is 380 g/mol. The van der Waals surface area contributed by atoms with E-state index in [2.05, 4.69) is 5.16 Å². The quantitative estimate of drug-likeness (QED) is 0.631. The minimum atomic E-state index is -0.503. The minimum absolute atomic E-state index is 0.0854. The summed E-state index contributed by atoms with van der Waals surface area (Å²) >= 11 is 0. The first-order valence-corrected chi connectivity index (χ1v) is 8.64. The fraction of sp³-hybridized carbons (Fsp3) is 0.190. The van der Waals surface area contributed by atoms with Gasteiger partial charge >= 0.3 is 5.97 Å². The van der Waals surface area contributed by atoms with Crippen molar-refractivity contribution in [1.82, 2.24) is 5.16 Å². The van der Waals surface area contributed by atoms with Crippen molar-refractivity contribution < 1.29 is 23.6 Å². The Kier molecular flexibility index (Phi) is 5.74. The van der Waals surface area contributed by atoms with E-state index in [0.29, 0.717) is 29.2 Å². The largest absolute Gasteiger partial charge is 0.489 e. The molecule has 7 nitrogen and oxygen atoms in total. The Morgan fingerprint density at radius 2 is 1.79 bits per heavy atom. The van der Waals surface area contributed by atoms with Crippen LogP contribution in [0.2, 0.25) is 0 Å². The summed E-state index contributed by atoms with van der Waals surface area (Å²) in [5.74, 6) is 0.273. The number of carbonyl (C=O) groups is 2. The molecule has 7 heteroatoms. The smallest absolute Gasteiger partial charge is 0.338 e. The van der Waals surface area contributed by atoms with Crippen molar-refractivity contribution in [3.8, 4) is 5.75 Å². The summed E-state index contributed by atoms with van der Waals surface area (Å²) in [5, 5.41) is 3.89. The van der Waals surface area contributed by atoms with Gasteiger partial charge in [0.25, 0.3) is 0 Å². The number of amides is 1. The molecule has 0 aliphatic heterocycles. The molecule has 2 N–H and O–H groups in total. The van der Waals surface area contributed by atoms with Crippen molar-refractivity contribution in [1.29, 1.82) is 0 Å². The number of benzene rings is 2. The van der Waals surface area contributed by atoms with Crippen LogP contribution in [-0.4, -0.2) is 17.0 Å². The number of aryl methyl sites for hydroxylation is 2. The molecule has 0 atom stereocenters. The number of hydrogen-bond donors (Lipinski definition) is 1. The highest BCUT2D eigenvalue weighted by Gasteiger charge is 2.12. The maximum atomic E-state index is 12.3. The second-order valence-corrected chi connectivity index (χ2v) is 6.26. The molecule has 0 saturated heterocycles. The van der Waals surface area contributed by atoms with Gasteiger partial charge in [0, 0.05) is 5.56 Å². The van der Waals surface area contributed by atoms with E-state index in [4.69, 9.17) is 19.7 Å². The second kappa shape index (κ2) is 8.39. The number of ether oxygens (including phenoxy) is 2. The Balaban J connectivity index is 1.59. The number of carbonyl (C=O) groups excluding carboxylic acids is 2. The Morgan fingerprint density at radius 3 is 2.43 bits per heavy atom. The molecule has 1 aromatic heterocycles. The van der Waals surface area contributed by atoms with Crippen molar-refractivity contribution in [2.75, 3.05) is 0 Å². The summed E-state index contributed by atoms with van der Waals surface area (Å²) in [7, 11) is 0. The summed E-state index contributed by atoms with van der Waals surface area (Å²) < 4.78 is 16.2. The highest BCUT2D eigenvalue weighted by molar-refractivity contribution is 5.92. The van der Waals surface area contributed by atoms with Crippen molar-refractivity contribution in [2.24, 2.45) is 5.73 Å². The number of esters is 1.